The Bertz CT molecular complexity index is 1710. The van der Waals surface area contributed by atoms with E-state index < -0.39 is 98.2 Å². The molecule has 0 unspecified atom stereocenters. The van der Waals surface area contributed by atoms with E-state index in [4.69, 9.17) is 27.9 Å². The fourth-order valence-electron chi connectivity index (χ4n) is 7.19. The predicted octanol–water partition coefficient (Wildman–Crippen LogP) is 4.68. The topological polar surface area (TPSA) is 104 Å². The molecule has 2 aromatic rings. The number of halogens is 7. The molecule has 4 amide bonds. The minimum Gasteiger partial charge on any atom is -0.504 e. The molecule has 2 aliphatic carbocycles. The van der Waals surface area contributed by atoms with Gasteiger partial charge in [0.05, 0.1) is 18.9 Å². The van der Waals surface area contributed by atoms with Gasteiger partial charge in [-0.2, -0.15) is 0 Å². The molecule has 0 aromatic heterocycles. The lowest BCUT2D eigenvalue weighted by Gasteiger charge is -2.50. The number of likely N-dealkylation sites (tertiary alicyclic amines) is 1. The molecule has 0 spiro atoms. The highest BCUT2D eigenvalue weighted by molar-refractivity contribution is 6.58. The molecule has 0 bridgehead atoms. The van der Waals surface area contributed by atoms with Crippen molar-refractivity contribution in [1.29, 1.82) is 0 Å². The van der Waals surface area contributed by atoms with Gasteiger partial charge in [0.1, 0.15) is 5.69 Å². The van der Waals surface area contributed by atoms with E-state index in [-0.39, 0.29) is 34.9 Å². The van der Waals surface area contributed by atoms with Crippen LogP contribution in [0.5, 0.6) is 11.5 Å². The molecule has 1 N–H and O–H groups in total. The van der Waals surface area contributed by atoms with Crippen molar-refractivity contribution in [1.82, 2.24) is 4.90 Å². The fraction of sp³-hybridized carbons (Fsp3) is 0.379. The van der Waals surface area contributed by atoms with Crippen LogP contribution in [0.1, 0.15) is 31.2 Å². The molecule has 15 heteroatoms. The molecular weight excluding hydrogens is 638 g/mol. The van der Waals surface area contributed by atoms with Gasteiger partial charge in [0.2, 0.25) is 17.6 Å². The average molecular weight is 659 g/mol. The number of anilines is 1. The molecule has 6 rings (SSSR count). The number of alkyl halides is 2. The number of fused-ring (bicyclic) bond motifs is 4. The van der Waals surface area contributed by atoms with Crippen LogP contribution >= 0.6 is 23.2 Å². The SMILES string of the molecule is CCN1C(=O)[C@H]2[C@H](CC=C3[C@H]2C[C@@]2(Cl)C(=O)N(c4c(F)c(F)c(F)c(F)c4F)C(=O)[C@@]2(Cl)[C@H]3c2ccc(O)c(OC)c2)C1=O. The zero-order chi connectivity index (χ0) is 32.2. The Morgan fingerprint density at radius 3 is 2.14 bits per heavy atom. The van der Waals surface area contributed by atoms with Gasteiger partial charge in [-0.25, -0.2) is 26.9 Å². The molecule has 44 heavy (non-hydrogen) atoms. The van der Waals surface area contributed by atoms with Gasteiger partial charge in [-0.05, 0) is 43.4 Å². The smallest absolute Gasteiger partial charge is 0.258 e. The number of phenolic OH excluding ortho intramolecular Hbond substituents is 1. The molecule has 2 heterocycles. The van der Waals surface area contributed by atoms with Crippen LogP contribution in [0.2, 0.25) is 0 Å². The summed E-state index contributed by atoms with van der Waals surface area (Å²) in [6.45, 7) is 1.66. The zero-order valence-corrected chi connectivity index (χ0v) is 24.3. The van der Waals surface area contributed by atoms with Crippen molar-refractivity contribution in [2.24, 2.45) is 17.8 Å². The normalized spacial score (nSPS) is 31.2. The third-order valence-electron chi connectivity index (χ3n) is 9.17. The van der Waals surface area contributed by atoms with Gasteiger partial charge in [-0.3, -0.25) is 24.1 Å². The summed E-state index contributed by atoms with van der Waals surface area (Å²) >= 11 is 14.0. The first-order chi connectivity index (χ1) is 20.7. The largest absolute Gasteiger partial charge is 0.504 e. The van der Waals surface area contributed by atoms with Crippen molar-refractivity contribution in [2.75, 3.05) is 18.6 Å². The van der Waals surface area contributed by atoms with Crippen molar-refractivity contribution in [3.63, 3.8) is 0 Å². The van der Waals surface area contributed by atoms with E-state index in [1.165, 1.54) is 25.3 Å². The number of phenols is 1. The Labute approximate surface area is 255 Å². The number of nitrogens with zero attached hydrogens (tertiary/aromatic N) is 2. The summed E-state index contributed by atoms with van der Waals surface area (Å²) < 4.78 is 77.7. The van der Waals surface area contributed by atoms with Gasteiger partial charge in [0.15, 0.2) is 44.5 Å². The van der Waals surface area contributed by atoms with Crippen LogP contribution in [0.25, 0.3) is 0 Å². The maximum atomic E-state index is 15.0. The Morgan fingerprint density at radius 1 is 0.932 bits per heavy atom. The van der Waals surface area contributed by atoms with Crippen LogP contribution in [0.3, 0.4) is 0 Å². The first-order valence-electron chi connectivity index (χ1n) is 13.4. The number of carbonyl (C=O) groups is 4. The number of rotatable bonds is 4. The number of ether oxygens (including phenoxy) is 1. The van der Waals surface area contributed by atoms with Gasteiger partial charge >= 0.3 is 0 Å². The number of carbonyl (C=O) groups excluding carboxylic acids is 4. The summed E-state index contributed by atoms with van der Waals surface area (Å²) in [4.78, 5) is 50.4. The standard InChI is InChI=1S/C29H21Cl2F5N2O6/c1-3-37-24(40)12-6-5-11-13(16(12)25(37)41)9-28(30)26(42)38(23-21(35)19(33)18(32)20(34)22(23)36)27(43)29(28,31)17(11)10-4-7-14(39)15(8-10)44-2/h4-5,7-8,12-13,16-17,39H,3,6,9H2,1-2H3/t12-,13+,16-,17-,28+,29-/m0/s1. The molecule has 2 aliphatic heterocycles. The Kier molecular flexibility index (Phi) is 6.82. The second-order valence-electron chi connectivity index (χ2n) is 11.0. The van der Waals surface area contributed by atoms with Crippen LogP contribution in [0, 0.1) is 46.8 Å². The lowest BCUT2D eigenvalue weighted by molar-refractivity contribution is -0.140. The van der Waals surface area contributed by atoms with Crippen LogP contribution in [0.4, 0.5) is 27.6 Å². The van der Waals surface area contributed by atoms with E-state index in [1.54, 1.807) is 13.0 Å². The summed E-state index contributed by atoms with van der Waals surface area (Å²) in [5.74, 6) is -21.2. The number of aromatic hydroxyl groups is 1. The Balaban J connectivity index is 1.62. The monoisotopic (exact) mass is 658 g/mol. The van der Waals surface area contributed by atoms with E-state index in [0.717, 1.165) is 4.90 Å². The molecule has 2 saturated heterocycles. The van der Waals surface area contributed by atoms with Crippen LogP contribution in [-0.4, -0.2) is 57.0 Å². The van der Waals surface area contributed by atoms with Gasteiger partial charge in [-0.1, -0.05) is 17.7 Å². The lowest BCUT2D eigenvalue weighted by atomic mass is 9.56. The summed E-state index contributed by atoms with van der Waals surface area (Å²) in [7, 11) is 1.23. The Morgan fingerprint density at radius 2 is 1.55 bits per heavy atom. The second-order valence-corrected chi connectivity index (χ2v) is 12.3. The van der Waals surface area contributed by atoms with Gasteiger partial charge < -0.3 is 9.84 Å². The summed E-state index contributed by atoms with van der Waals surface area (Å²) in [5, 5.41) is 10.2. The van der Waals surface area contributed by atoms with E-state index in [9.17, 15) is 37.5 Å². The summed E-state index contributed by atoms with van der Waals surface area (Å²) in [6, 6.07) is 3.78. The van der Waals surface area contributed by atoms with Crippen LogP contribution in [0.15, 0.2) is 29.8 Å². The first kappa shape index (κ1) is 30.3. The number of methoxy groups -OCH3 is 1. The van der Waals surface area contributed by atoms with Gasteiger partial charge in [-0.15, -0.1) is 23.2 Å². The molecule has 0 radical (unpaired) electrons. The zero-order valence-electron chi connectivity index (χ0n) is 22.8. The molecule has 6 atom stereocenters. The third-order valence-corrected chi connectivity index (χ3v) is 10.6. The van der Waals surface area contributed by atoms with E-state index in [1.807, 2.05) is 0 Å². The highest BCUT2D eigenvalue weighted by atomic mass is 35.5. The number of imide groups is 2. The quantitative estimate of drug-likeness (QED) is 0.128. The number of amides is 4. The number of hydrogen-bond acceptors (Lipinski definition) is 6. The molecule has 232 valence electrons. The van der Waals surface area contributed by atoms with Crippen molar-refractivity contribution < 1.29 is 51.0 Å². The number of benzene rings is 2. The first-order valence-corrected chi connectivity index (χ1v) is 14.1. The maximum absolute atomic E-state index is 15.0. The molecule has 2 aromatic carbocycles. The number of hydrogen-bond donors (Lipinski definition) is 1. The van der Waals surface area contributed by atoms with Crippen molar-refractivity contribution in [2.45, 2.75) is 35.4 Å². The van der Waals surface area contributed by atoms with E-state index in [0.29, 0.717) is 5.57 Å². The molecule has 4 aliphatic rings. The lowest BCUT2D eigenvalue weighted by Crippen LogP contribution is -2.60. The van der Waals surface area contributed by atoms with E-state index in [2.05, 4.69) is 0 Å². The maximum Gasteiger partial charge on any atom is 0.258 e. The van der Waals surface area contributed by atoms with Crippen molar-refractivity contribution in [3.8, 4) is 11.5 Å². The van der Waals surface area contributed by atoms with E-state index >= 15 is 8.78 Å². The average Bonchev–Trinajstić information content (AvgIpc) is 3.33. The van der Waals surface area contributed by atoms with Crippen molar-refractivity contribution >= 4 is 52.5 Å². The van der Waals surface area contributed by atoms with Crippen molar-refractivity contribution in [3.05, 3.63) is 64.5 Å². The van der Waals surface area contributed by atoms with Gasteiger partial charge in [0.25, 0.3) is 11.8 Å². The number of allylic oxidation sites excluding steroid dienone is 2. The minimum absolute atomic E-state index is 0.0367. The van der Waals surface area contributed by atoms with Crippen LogP contribution in [-0.2, 0) is 19.2 Å². The molecule has 3 fully saturated rings. The van der Waals surface area contributed by atoms with Crippen LogP contribution < -0.4 is 9.64 Å². The predicted molar refractivity (Wildman–Crippen MR) is 143 cm³/mol. The third kappa shape index (κ3) is 3.56. The minimum atomic E-state index is -2.65. The second kappa shape index (κ2) is 9.90. The Hall–Kier alpha value is -3.71. The summed E-state index contributed by atoms with van der Waals surface area (Å²) in [6.07, 6.45) is 1.03. The molecule has 1 saturated carbocycles. The van der Waals surface area contributed by atoms with Gasteiger partial charge in [0, 0.05) is 12.5 Å². The molecule has 8 nitrogen and oxygen atoms in total. The molecular formula is C29H21Cl2F5N2O6. The highest BCUT2D eigenvalue weighted by Gasteiger charge is 2.77. The highest BCUT2D eigenvalue weighted by Crippen LogP contribution is 2.66. The summed E-state index contributed by atoms with van der Waals surface area (Å²) in [5.41, 5.74) is -1.45. The fourth-order valence-corrected chi connectivity index (χ4v) is 8.13.